The predicted molar refractivity (Wildman–Crippen MR) is 73.1 cm³/mol. The molecule has 4 fully saturated rings. The highest BCUT2D eigenvalue weighted by Crippen LogP contribution is 2.48. The summed E-state index contributed by atoms with van der Waals surface area (Å²) in [5.74, 6) is 3.34. The van der Waals surface area contributed by atoms with Crippen molar-refractivity contribution in [1.82, 2.24) is 4.90 Å². The second-order valence-corrected chi connectivity index (χ2v) is 6.93. The number of hydrogen-bond donors (Lipinski definition) is 0. The normalized spacial score (nSPS) is 38.6. The van der Waals surface area contributed by atoms with Gasteiger partial charge in [0.05, 0.1) is 0 Å². The van der Waals surface area contributed by atoms with Crippen molar-refractivity contribution in [2.75, 3.05) is 6.54 Å². The summed E-state index contributed by atoms with van der Waals surface area (Å²) in [4.78, 5) is 15.0. The monoisotopic (exact) mass is 249 g/mol. The van der Waals surface area contributed by atoms with Crippen LogP contribution in [-0.2, 0) is 4.79 Å². The van der Waals surface area contributed by atoms with Gasteiger partial charge < -0.3 is 4.90 Å². The zero-order valence-corrected chi connectivity index (χ0v) is 11.9. The van der Waals surface area contributed by atoms with Gasteiger partial charge in [-0.05, 0) is 49.9 Å². The average Bonchev–Trinajstić information content (AvgIpc) is 2.50. The molecule has 2 saturated heterocycles. The van der Waals surface area contributed by atoms with Crippen LogP contribution in [0.1, 0.15) is 58.8 Å². The Labute approximate surface area is 111 Å². The number of carbonyl (C=O) groups is 1. The van der Waals surface area contributed by atoms with Gasteiger partial charge in [0.25, 0.3) is 0 Å². The molecule has 0 aromatic rings. The van der Waals surface area contributed by atoms with Crippen LogP contribution in [0.2, 0.25) is 0 Å². The van der Waals surface area contributed by atoms with E-state index >= 15 is 0 Å². The van der Waals surface area contributed by atoms with Gasteiger partial charge in [-0.1, -0.05) is 26.7 Å². The number of carbonyl (C=O) groups excluding carboxylic acids is 1. The first kappa shape index (κ1) is 12.5. The van der Waals surface area contributed by atoms with E-state index in [-0.39, 0.29) is 0 Å². The van der Waals surface area contributed by atoms with Gasteiger partial charge in [-0.15, -0.1) is 0 Å². The Kier molecular flexibility index (Phi) is 3.38. The van der Waals surface area contributed by atoms with Crippen molar-refractivity contribution in [3.05, 3.63) is 0 Å². The number of hydrogen-bond acceptors (Lipinski definition) is 1. The molecule has 102 valence electrons. The average molecular weight is 249 g/mol. The summed E-state index contributed by atoms with van der Waals surface area (Å²) < 4.78 is 0. The first-order chi connectivity index (χ1) is 8.71. The smallest absolute Gasteiger partial charge is 0.225 e. The lowest BCUT2D eigenvalue weighted by Crippen LogP contribution is -2.43. The van der Waals surface area contributed by atoms with Gasteiger partial charge in [0.15, 0.2) is 0 Å². The Morgan fingerprint density at radius 3 is 2.22 bits per heavy atom. The van der Waals surface area contributed by atoms with E-state index in [1.54, 1.807) is 0 Å². The summed E-state index contributed by atoms with van der Waals surface area (Å²) in [5, 5.41) is 0. The van der Waals surface area contributed by atoms with Gasteiger partial charge in [-0.2, -0.15) is 0 Å². The third-order valence-corrected chi connectivity index (χ3v) is 5.80. The Morgan fingerprint density at radius 1 is 1.06 bits per heavy atom. The lowest BCUT2D eigenvalue weighted by Gasteiger charge is -2.39. The maximum atomic E-state index is 12.7. The Morgan fingerprint density at radius 2 is 1.67 bits per heavy atom. The molecule has 0 spiro atoms. The van der Waals surface area contributed by atoms with Crippen molar-refractivity contribution < 1.29 is 4.79 Å². The quantitative estimate of drug-likeness (QED) is 0.747. The minimum Gasteiger partial charge on any atom is -0.339 e. The predicted octanol–water partition coefficient (Wildman–Crippen LogP) is 3.46. The first-order valence-corrected chi connectivity index (χ1v) is 8.01. The molecule has 0 N–H and O–H groups in total. The molecule has 4 bridgehead atoms. The Hall–Kier alpha value is -0.530. The summed E-state index contributed by atoms with van der Waals surface area (Å²) >= 11 is 0. The van der Waals surface area contributed by atoms with Crippen LogP contribution in [0.25, 0.3) is 0 Å². The molecule has 18 heavy (non-hydrogen) atoms. The highest BCUT2D eigenvalue weighted by Gasteiger charge is 2.46. The number of nitrogens with zero attached hydrogens (tertiary/aromatic N) is 1. The molecule has 2 nitrogen and oxygen atoms in total. The van der Waals surface area contributed by atoms with Gasteiger partial charge in [-0.25, -0.2) is 0 Å². The number of fused-ring (bicyclic) bond motifs is 1. The molecule has 0 radical (unpaired) electrons. The van der Waals surface area contributed by atoms with Crippen molar-refractivity contribution in [2.45, 2.75) is 64.8 Å². The molecular formula is C16H27NO. The Balaban J connectivity index is 1.79. The fourth-order valence-electron chi connectivity index (χ4n) is 4.75. The van der Waals surface area contributed by atoms with Gasteiger partial charge in [-0.3, -0.25) is 4.79 Å². The second kappa shape index (κ2) is 4.86. The molecule has 2 heteroatoms. The molecule has 2 aliphatic carbocycles. The standard InChI is InChI=1S/C16H27NO/c1-3-11(4-2)10-17-15-8-12-5-13(9-15)7-14(6-12)16(17)18/h11-15H,3-10H2,1-2H3. The van der Waals surface area contributed by atoms with Gasteiger partial charge in [0.1, 0.15) is 0 Å². The van der Waals surface area contributed by atoms with Crippen LogP contribution in [0.15, 0.2) is 0 Å². The third-order valence-electron chi connectivity index (χ3n) is 5.80. The molecule has 2 unspecified atom stereocenters. The van der Waals surface area contributed by atoms with Crippen LogP contribution in [0.3, 0.4) is 0 Å². The molecule has 1 amide bonds. The largest absolute Gasteiger partial charge is 0.339 e. The van der Waals surface area contributed by atoms with E-state index in [1.165, 1.54) is 44.9 Å². The van der Waals surface area contributed by atoms with E-state index in [2.05, 4.69) is 18.7 Å². The lowest BCUT2D eigenvalue weighted by atomic mass is 9.68. The minimum absolute atomic E-state index is 0.385. The number of amides is 1. The highest BCUT2D eigenvalue weighted by molar-refractivity contribution is 5.80. The molecule has 0 aromatic carbocycles. The zero-order chi connectivity index (χ0) is 12.7. The van der Waals surface area contributed by atoms with E-state index < -0.39 is 0 Å². The van der Waals surface area contributed by atoms with Crippen molar-refractivity contribution in [3.63, 3.8) is 0 Å². The molecule has 4 aliphatic rings. The summed E-state index contributed by atoms with van der Waals surface area (Å²) in [6.45, 7) is 5.56. The van der Waals surface area contributed by atoms with Crippen molar-refractivity contribution in [2.24, 2.45) is 23.7 Å². The Bertz CT molecular complexity index is 309. The third kappa shape index (κ3) is 2.08. The van der Waals surface area contributed by atoms with Crippen molar-refractivity contribution >= 4 is 5.91 Å². The fourth-order valence-corrected chi connectivity index (χ4v) is 4.75. The van der Waals surface area contributed by atoms with E-state index in [4.69, 9.17) is 0 Å². The molecular weight excluding hydrogens is 222 g/mol. The molecule has 4 rings (SSSR count). The number of rotatable bonds is 4. The molecule has 0 aromatic heterocycles. The van der Waals surface area contributed by atoms with Crippen LogP contribution < -0.4 is 0 Å². The first-order valence-electron chi connectivity index (χ1n) is 8.01. The van der Waals surface area contributed by atoms with E-state index in [1.807, 2.05) is 0 Å². The van der Waals surface area contributed by atoms with Crippen LogP contribution in [0, 0.1) is 23.7 Å². The van der Waals surface area contributed by atoms with Gasteiger partial charge >= 0.3 is 0 Å². The summed E-state index contributed by atoms with van der Waals surface area (Å²) in [5.41, 5.74) is 0. The maximum absolute atomic E-state index is 12.7. The van der Waals surface area contributed by atoms with E-state index in [0.717, 1.165) is 18.4 Å². The lowest BCUT2D eigenvalue weighted by molar-refractivity contribution is -0.137. The topological polar surface area (TPSA) is 20.3 Å². The summed E-state index contributed by atoms with van der Waals surface area (Å²) in [6, 6.07) is 0.592. The molecule has 2 atom stereocenters. The van der Waals surface area contributed by atoms with Crippen LogP contribution in [0.4, 0.5) is 0 Å². The molecule has 2 aliphatic heterocycles. The highest BCUT2D eigenvalue weighted by atomic mass is 16.2. The SMILES string of the molecule is CCC(CC)CN1C(=O)C2CC3CC(C2)CC1C3. The van der Waals surface area contributed by atoms with Gasteiger partial charge in [0, 0.05) is 18.5 Å². The van der Waals surface area contributed by atoms with Crippen molar-refractivity contribution in [3.8, 4) is 0 Å². The van der Waals surface area contributed by atoms with Crippen LogP contribution in [-0.4, -0.2) is 23.4 Å². The van der Waals surface area contributed by atoms with E-state index in [9.17, 15) is 4.79 Å². The fraction of sp³-hybridized carbons (Fsp3) is 0.938. The van der Waals surface area contributed by atoms with Gasteiger partial charge in [0.2, 0.25) is 5.91 Å². The second-order valence-electron chi connectivity index (χ2n) is 6.93. The van der Waals surface area contributed by atoms with Crippen LogP contribution >= 0.6 is 0 Å². The minimum atomic E-state index is 0.385. The maximum Gasteiger partial charge on any atom is 0.225 e. The summed E-state index contributed by atoms with van der Waals surface area (Å²) in [6.07, 6.45) is 8.85. The van der Waals surface area contributed by atoms with E-state index in [0.29, 0.717) is 23.8 Å². The van der Waals surface area contributed by atoms with Crippen molar-refractivity contribution in [1.29, 1.82) is 0 Å². The molecule has 2 heterocycles. The van der Waals surface area contributed by atoms with Crippen LogP contribution in [0.5, 0.6) is 0 Å². The summed E-state index contributed by atoms with van der Waals surface area (Å²) in [7, 11) is 0. The zero-order valence-electron chi connectivity index (χ0n) is 11.9. The molecule has 2 saturated carbocycles.